The Kier molecular flexibility index (Phi) is 5.11. The average molecular weight is 383 g/mol. The van der Waals surface area contributed by atoms with Gasteiger partial charge in [0.2, 0.25) is 0 Å². The first-order valence-electron chi connectivity index (χ1n) is 8.48. The van der Waals surface area contributed by atoms with Crippen LogP contribution < -0.4 is 5.32 Å². The van der Waals surface area contributed by atoms with Crippen LogP contribution in [0.15, 0.2) is 24.3 Å². The van der Waals surface area contributed by atoms with Crippen LogP contribution in [0.25, 0.3) is 10.9 Å². The minimum Gasteiger partial charge on any atom is -0.351 e. The van der Waals surface area contributed by atoms with Crippen molar-refractivity contribution in [2.45, 2.75) is 32.2 Å². The first kappa shape index (κ1) is 18.3. The lowest BCUT2D eigenvalue weighted by Crippen LogP contribution is -2.43. The monoisotopic (exact) mass is 382 g/mol. The van der Waals surface area contributed by atoms with Gasteiger partial charge >= 0.3 is 0 Å². The Labute approximate surface area is 153 Å². The van der Waals surface area contributed by atoms with Crippen molar-refractivity contribution in [2.75, 3.05) is 12.0 Å². The Balaban J connectivity index is 1.64. The van der Waals surface area contributed by atoms with Gasteiger partial charge < -0.3 is 10.3 Å². The van der Waals surface area contributed by atoms with Crippen molar-refractivity contribution in [3.8, 4) is 0 Å². The highest BCUT2D eigenvalue weighted by Crippen LogP contribution is 2.30. The van der Waals surface area contributed by atoms with E-state index in [2.05, 4.69) is 17.2 Å². The van der Waals surface area contributed by atoms with Crippen LogP contribution in [0.2, 0.25) is 5.02 Å². The number of nitrogens with one attached hydrogen (secondary N) is 2. The summed E-state index contributed by atoms with van der Waals surface area (Å²) in [7, 11) is -2.95. The standard InChI is InChI=1S/C18H23ClN2O3S/c1-11-7-12(10-25(2,23)24)3-5-15(11)21-18(22)17-9-13-8-14(19)4-6-16(13)20-17/h4,6,8-9,11-12,15,20H,3,5,7,10H2,1-2H3,(H,21,22)/t11-,12+,15+/m1/s1. The normalized spacial score (nSPS) is 24.4. The molecule has 136 valence electrons. The first-order valence-corrected chi connectivity index (χ1v) is 10.9. The van der Waals surface area contributed by atoms with Crippen LogP contribution in [0.5, 0.6) is 0 Å². The molecule has 1 amide bonds. The van der Waals surface area contributed by atoms with E-state index in [1.54, 1.807) is 12.1 Å². The number of amides is 1. The van der Waals surface area contributed by atoms with Crippen molar-refractivity contribution in [3.63, 3.8) is 0 Å². The van der Waals surface area contributed by atoms with Crippen molar-refractivity contribution in [1.82, 2.24) is 10.3 Å². The molecule has 1 aromatic carbocycles. The number of benzene rings is 1. The molecule has 7 heteroatoms. The molecule has 2 aromatic rings. The highest BCUT2D eigenvalue weighted by atomic mass is 35.5. The van der Waals surface area contributed by atoms with Gasteiger partial charge in [0.15, 0.2) is 0 Å². The minimum atomic E-state index is -2.95. The lowest BCUT2D eigenvalue weighted by molar-refractivity contribution is 0.0895. The molecular formula is C18H23ClN2O3S. The van der Waals surface area contributed by atoms with Gasteiger partial charge in [0.05, 0.1) is 5.75 Å². The second-order valence-corrected chi connectivity index (χ2v) is 9.86. The lowest BCUT2D eigenvalue weighted by Gasteiger charge is -2.34. The van der Waals surface area contributed by atoms with E-state index in [0.29, 0.717) is 10.7 Å². The van der Waals surface area contributed by atoms with Crippen molar-refractivity contribution < 1.29 is 13.2 Å². The number of aromatic amines is 1. The molecule has 1 fully saturated rings. The molecule has 0 saturated heterocycles. The van der Waals surface area contributed by atoms with E-state index < -0.39 is 9.84 Å². The third kappa shape index (κ3) is 4.55. The number of hydrogen-bond acceptors (Lipinski definition) is 3. The lowest BCUT2D eigenvalue weighted by atomic mass is 9.79. The van der Waals surface area contributed by atoms with Crippen molar-refractivity contribution in [2.24, 2.45) is 11.8 Å². The van der Waals surface area contributed by atoms with Crippen LogP contribution in [0, 0.1) is 11.8 Å². The van der Waals surface area contributed by atoms with E-state index >= 15 is 0 Å². The molecule has 1 heterocycles. The number of halogens is 1. The first-order chi connectivity index (χ1) is 11.7. The molecule has 0 bridgehead atoms. The van der Waals surface area contributed by atoms with E-state index in [4.69, 9.17) is 11.6 Å². The summed E-state index contributed by atoms with van der Waals surface area (Å²) in [5.74, 6) is 0.545. The third-order valence-electron chi connectivity index (χ3n) is 4.96. The number of sulfone groups is 1. The average Bonchev–Trinajstić information content (AvgIpc) is 2.91. The smallest absolute Gasteiger partial charge is 0.267 e. The summed E-state index contributed by atoms with van der Waals surface area (Å²) in [5.41, 5.74) is 1.39. The Morgan fingerprint density at radius 2 is 2.08 bits per heavy atom. The highest BCUT2D eigenvalue weighted by Gasteiger charge is 2.30. The number of H-pyrrole nitrogens is 1. The van der Waals surface area contributed by atoms with Crippen LogP contribution in [0.1, 0.15) is 36.7 Å². The van der Waals surface area contributed by atoms with Crippen LogP contribution in [-0.2, 0) is 9.84 Å². The number of carbonyl (C=O) groups excluding carboxylic acids is 1. The molecule has 1 saturated carbocycles. The third-order valence-corrected chi connectivity index (χ3v) is 6.27. The quantitative estimate of drug-likeness (QED) is 0.850. The molecule has 2 N–H and O–H groups in total. The molecule has 0 radical (unpaired) electrons. The fourth-order valence-corrected chi connectivity index (χ4v) is 5.11. The molecule has 0 unspecified atom stereocenters. The molecule has 0 aliphatic heterocycles. The van der Waals surface area contributed by atoms with Gasteiger partial charge in [-0.15, -0.1) is 0 Å². The molecule has 1 aromatic heterocycles. The summed E-state index contributed by atoms with van der Waals surface area (Å²) in [6.07, 6.45) is 3.73. The summed E-state index contributed by atoms with van der Waals surface area (Å²) in [6.45, 7) is 2.07. The summed E-state index contributed by atoms with van der Waals surface area (Å²) in [4.78, 5) is 15.7. The molecule has 3 atom stereocenters. The van der Waals surface area contributed by atoms with E-state index in [1.165, 1.54) is 6.26 Å². The second-order valence-electron chi connectivity index (χ2n) is 7.24. The van der Waals surface area contributed by atoms with Gasteiger partial charge in [-0.25, -0.2) is 8.42 Å². The number of carbonyl (C=O) groups is 1. The van der Waals surface area contributed by atoms with Crippen molar-refractivity contribution in [1.29, 1.82) is 0 Å². The van der Waals surface area contributed by atoms with Gasteiger partial charge in [0.25, 0.3) is 5.91 Å². The predicted molar refractivity (Wildman–Crippen MR) is 101 cm³/mol. The minimum absolute atomic E-state index is 0.0679. The maximum Gasteiger partial charge on any atom is 0.267 e. The Bertz CT molecular complexity index is 891. The fraction of sp³-hybridized carbons (Fsp3) is 0.500. The molecule has 25 heavy (non-hydrogen) atoms. The largest absolute Gasteiger partial charge is 0.351 e. The second kappa shape index (κ2) is 7.00. The van der Waals surface area contributed by atoms with Crippen molar-refractivity contribution >= 4 is 38.2 Å². The predicted octanol–water partition coefficient (Wildman–Crippen LogP) is 3.40. The number of rotatable bonds is 4. The zero-order valence-corrected chi connectivity index (χ0v) is 16.0. The van der Waals surface area contributed by atoms with Gasteiger partial charge in [0, 0.05) is 28.2 Å². The van der Waals surface area contributed by atoms with Crippen LogP contribution in [0.4, 0.5) is 0 Å². The number of aromatic nitrogens is 1. The fourth-order valence-electron chi connectivity index (χ4n) is 3.77. The summed E-state index contributed by atoms with van der Waals surface area (Å²) in [5, 5.41) is 4.63. The molecular weight excluding hydrogens is 360 g/mol. The molecule has 1 aliphatic carbocycles. The van der Waals surface area contributed by atoms with Gasteiger partial charge in [0.1, 0.15) is 15.5 Å². The van der Waals surface area contributed by atoms with E-state index in [-0.39, 0.29) is 29.5 Å². The number of hydrogen-bond donors (Lipinski definition) is 2. The Hall–Kier alpha value is -1.53. The molecule has 3 rings (SSSR count). The summed E-state index contributed by atoms with van der Waals surface area (Å²) >= 11 is 5.98. The van der Waals surface area contributed by atoms with E-state index in [0.717, 1.165) is 30.2 Å². The van der Waals surface area contributed by atoms with E-state index in [9.17, 15) is 13.2 Å². The van der Waals surface area contributed by atoms with Crippen LogP contribution >= 0.6 is 11.6 Å². The van der Waals surface area contributed by atoms with Gasteiger partial charge in [-0.1, -0.05) is 18.5 Å². The summed E-state index contributed by atoms with van der Waals surface area (Å²) in [6, 6.07) is 7.33. The van der Waals surface area contributed by atoms with Crippen LogP contribution in [0.3, 0.4) is 0 Å². The maximum absolute atomic E-state index is 12.6. The Morgan fingerprint density at radius 3 is 2.76 bits per heavy atom. The van der Waals surface area contributed by atoms with Crippen molar-refractivity contribution in [3.05, 3.63) is 35.0 Å². The zero-order valence-electron chi connectivity index (χ0n) is 14.4. The van der Waals surface area contributed by atoms with Crippen LogP contribution in [-0.4, -0.2) is 37.4 Å². The van der Waals surface area contributed by atoms with Gasteiger partial charge in [-0.05, 0) is 55.4 Å². The molecule has 5 nitrogen and oxygen atoms in total. The van der Waals surface area contributed by atoms with Gasteiger partial charge in [-0.3, -0.25) is 4.79 Å². The summed E-state index contributed by atoms with van der Waals surface area (Å²) < 4.78 is 23.0. The molecule has 1 aliphatic rings. The van der Waals surface area contributed by atoms with Gasteiger partial charge in [-0.2, -0.15) is 0 Å². The Morgan fingerprint density at radius 1 is 1.32 bits per heavy atom. The maximum atomic E-state index is 12.6. The highest BCUT2D eigenvalue weighted by molar-refractivity contribution is 7.90. The zero-order chi connectivity index (χ0) is 18.2. The van der Waals surface area contributed by atoms with E-state index in [1.807, 2.05) is 12.1 Å². The topological polar surface area (TPSA) is 79.0 Å². The number of fused-ring (bicyclic) bond motifs is 1. The SMILES string of the molecule is C[C@@H]1C[C@@H](CS(C)(=O)=O)CC[C@@H]1NC(=O)c1cc2cc(Cl)ccc2[nH]1. The molecule has 0 spiro atoms.